The molecule has 0 aliphatic heterocycles. The van der Waals surface area contributed by atoms with Crippen molar-refractivity contribution in [1.82, 2.24) is 0 Å². The molecule has 0 bridgehead atoms. The van der Waals surface area contributed by atoms with Gasteiger partial charge in [0, 0.05) is 11.8 Å². The predicted octanol–water partition coefficient (Wildman–Crippen LogP) is 1.55. The second-order valence-corrected chi connectivity index (χ2v) is 4.20. The zero-order valence-corrected chi connectivity index (χ0v) is 9.11. The van der Waals surface area contributed by atoms with Gasteiger partial charge in [-0.1, -0.05) is 12.8 Å². The summed E-state index contributed by atoms with van der Waals surface area (Å²) in [6, 6.07) is 4.89. The van der Waals surface area contributed by atoms with Crippen molar-refractivity contribution >= 4 is 11.6 Å². The Morgan fingerprint density at radius 1 is 1.44 bits per heavy atom. The van der Waals surface area contributed by atoms with Crippen molar-refractivity contribution < 1.29 is 9.53 Å². The molecule has 0 aromatic heterocycles. The first kappa shape index (κ1) is 10.8. The molecule has 1 saturated carbocycles. The van der Waals surface area contributed by atoms with E-state index in [1.165, 1.54) is 12.8 Å². The Hall–Kier alpha value is -1.71. The zero-order chi connectivity index (χ0) is 11.5. The summed E-state index contributed by atoms with van der Waals surface area (Å²) in [6.45, 7) is 0.619. The average molecular weight is 220 g/mol. The monoisotopic (exact) mass is 220 g/mol. The molecule has 0 heterocycles. The van der Waals surface area contributed by atoms with Gasteiger partial charge >= 0.3 is 0 Å². The lowest BCUT2D eigenvalue weighted by Gasteiger charge is -2.09. The van der Waals surface area contributed by atoms with E-state index in [9.17, 15) is 4.79 Å². The fourth-order valence-electron chi connectivity index (χ4n) is 1.60. The number of amides is 1. The maximum atomic E-state index is 11.1. The molecule has 0 spiro atoms. The number of anilines is 1. The maximum absolute atomic E-state index is 11.1. The molecule has 1 aliphatic carbocycles. The van der Waals surface area contributed by atoms with Crippen molar-refractivity contribution in [2.24, 2.45) is 11.7 Å². The molecule has 86 valence electrons. The van der Waals surface area contributed by atoms with E-state index in [0.29, 0.717) is 23.6 Å². The minimum atomic E-state index is -0.485. The van der Waals surface area contributed by atoms with Gasteiger partial charge in [0.05, 0.1) is 12.2 Å². The van der Waals surface area contributed by atoms with Gasteiger partial charge in [0.2, 0.25) is 0 Å². The van der Waals surface area contributed by atoms with Gasteiger partial charge in [0.1, 0.15) is 5.75 Å². The molecule has 1 aliphatic rings. The highest BCUT2D eigenvalue weighted by Gasteiger charge is 2.21. The largest absolute Gasteiger partial charge is 0.493 e. The number of nitrogen functional groups attached to an aromatic ring is 1. The van der Waals surface area contributed by atoms with Crippen LogP contribution >= 0.6 is 0 Å². The van der Waals surface area contributed by atoms with E-state index >= 15 is 0 Å². The lowest BCUT2D eigenvalue weighted by Crippen LogP contribution is -2.13. The summed E-state index contributed by atoms with van der Waals surface area (Å²) in [4.78, 5) is 11.1. The Kier molecular flexibility index (Phi) is 2.99. The first-order valence-corrected chi connectivity index (χ1v) is 5.49. The fraction of sp³-hybridized carbons (Fsp3) is 0.417. The van der Waals surface area contributed by atoms with E-state index in [4.69, 9.17) is 16.2 Å². The van der Waals surface area contributed by atoms with Crippen molar-refractivity contribution in [2.45, 2.75) is 19.3 Å². The van der Waals surface area contributed by atoms with Crippen LogP contribution in [0.2, 0.25) is 0 Å². The zero-order valence-electron chi connectivity index (χ0n) is 9.11. The second kappa shape index (κ2) is 4.43. The Bertz CT molecular complexity index is 400. The van der Waals surface area contributed by atoms with Gasteiger partial charge in [-0.15, -0.1) is 0 Å². The Morgan fingerprint density at radius 2 is 2.19 bits per heavy atom. The minimum Gasteiger partial charge on any atom is -0.493 e. The van der Waals surface area contributed by atoms with Crippen LogP contribution < -0.4 is 16.2 Å². The smallest absolute Gasteiger partial charge is 0.252 e. The lowest BCUT2D eigenvalue weighted by atomic mass is 10.1. The minimum absolute atomic E-state index is 0.394. The van der Waals surface area contributed by atoms with Gasteiger partial charge < -0.3 is 16.2 Å². The number of carbonyl (C=O) groups is 1. The van der Waals surface area contributed by atoms with Gasteiger partial charge in [-0.2, -0.15) is 0 Å². The first-order valence-electron chi connectivity index (χ1n) is 5.49. The van der Waals surface area contributed by atoms with Gasteiger partial charge in [-0.25, -0.2) is 0 Å². The molecule has 16 heavy (non-hydrogen) atoms. The number of primary amides is 1. The highest BCUT2D eigenvalue weighted by atomic mass is 16.5. The third kappa shape index (κ3) is 2.66. The summed E-state index contributed by atoms with van der Waals surface area (Å²) in [5.74, 6) is 0.813. The molecule has 4 heteroatoms. The number of hydrogen-bond acceptors (Lipinski definition) is 3. The van der Waals surface area contributed by atoms with Crippen LogP contribution in [0.5, 0.6) is 5.75 Å². The van der Waals surface area contributed by atoms with Crippen molar-refractivity contribution in [3.05, 3.63) is 23.8 Å². The van der Waals surface area contributed by atoms with E-state index in [0.717, 1.165) is 12.3 Å². The SMILES string of the molecule is NC(=O)c1ccc(N)cc1OCCC1CC1. The molecule has 2 rings (SSSR count). The van der Waals surface area contributed by atoms with Gasteiger partial charge in [-0.05, 0) is 24.5 Å². The molecule has 1 aromatic carbocycles. The third-order valence-corrected chi connectivity index (χ3v) is 2.75. The molecular weight excluding hydrogens is 204 g/mol. The van der Waals surface area contributed by atoms with Crippen LogP contribution in [0.4, 0.5) is 5.69 Å². The number of hydrogen-bond donors (Lipinski definition) is 2. The topological polar surface area (TPSA) is 78.3 Å². The van der Waals surface area contributed by atoms with E-state index in [1.54, 1.807) is 18.2 Å². The number of rotatable bonds is 5. The molecule has 1 fully saturated rings. The lowest BCUT2D eigenvalue weighted by molar-refractivity contribution is 0.0996. The van der Waals surface area contributed by atoms with E-state index in [1.807, 2.05) is 0 Å². The van der Waals surface area contributed by atoms with Crippen LogP contribution in [0, 0.1) is 5.92 Å². The molecule has 1 aromatic rings. The van der Waals surface area contributed by atoms with Gasteiger partial charge in [0.15, 0.2) is 0 Å². The number of benzene rings is 1. The standard InChI is InChI=1S/C12H16N2O2/c13-9-3-4-10(12(14)15)11(7-9)16-6-5-8-1-2-8/h3-4,7-8H,1-2,5-6,13H2,(H2,14,15). The molecular formula is C12H16N2O2. The molecule has 0 unspecified atom stereocenters. The van der Waals surface area contributed by atoms with Gasteiger partial charge in [0.25, 0.3) is 5.91 Å². The normalized spacial score (nSPS) is 14.8. The summed E-state index contributed by atoms with van der Waals surface area (Å²) < 4.78 is 5.55. The Labute approximate surface area is 94.6 Å². The van der Waals surface area contributed by atoms with Crippen molar-refractivity contribution in [3.8, 4) is 5.75 Å². The summed E-state index contributed by atoms with van der Waals surface area (Å²) in [6.07, 6.45) is 3.62. The van der Waals surface area contributed by atoms with Crippen LogP contribution in [0.25, 0.3) is 0 Å². The van der Waals surface area contributed by atoms with Crippen molar-refractivity contribution in [1.29, 1.82) is 0 Å². The van der Waals surface area contributed by atoms with Crippen molar-refractivity contribution in [2.75, 3.05) is 12.3 Å². The summed E-state index contributed by atoms with van der Waals surface area (Å²) >= 11 is 0. The van der Waals surface area contributed by atoms with Crippen LogP contribution in [0.3, 0.4) is 0 Å². The molecule has 4 nitrogen and oxygen atoms in total. The Morgan fingerprint density at radius 3 is 2.81 bits per heavy atom. The summed E-state index contributed by atoms with van der Waals surface area (Å²) in [7, 11) is 0. The van der Waals surface area contributed by atoms with Crippen LogP contribution in [-0.2, 0) is 0 Å². The highest BCUT2D eigenvalue weighted by Crippen LogP contribution is 2.32. The predicted molar refractivity (Wildman–Crippen MR) is 62.2 cm³/mol. The average Bonchev–Trinajstić information content (AvgIpc) is 3.01. The van der Waals surface area contributed by atoms with Crippen LogP contribution in [0.1, 0.15) is 29.6 Å². The Balaban J connectivity index is 2.03. The van der Waals surface area contributed by atoms with E-state index < -0.39 is 5.91 Å². The quantitative estimate of drug-likeness (QED) is 0.739. The highest BCUT2D eigenvalue weighted by molar-refractivity contribution is 5.96. The molecule has 0 atom stereocenters. The molecule has 1 amide bonds. The number of carbonyl (C=O) groups excluding carboxylic acids is 1. The first-order chi connectivity index (χ1) is 7.66. The van der Waals surface area contributed by atoms with E-state index in [2.05, 4.69) is 0 Å². The van der Waals surface area contributed by atoms with E-state index in [-0.39, 0.29) is 0 Å². The molecule has 0 saturated heterocycles. The van der Waals surface area contributed by atoms with Crippen molar-refractivity contribution in [3.63, 3.8) is 0 Å². The molecule has 4 N–H and O–H groups in total. The summed E-state index contributed by atoms with van der Waals surface area (Å²) in [5, 5.41) is 0. The van der Waals surface area contributed by atoms with Gasteiger partial charge in [-0.3, -0.25) is 4.79 Å². The maximum Gasteiger partial charge on any atom is 0.252 e. The third-order valence-electron chi connectivity index (χ3n) is 2.75. The number of ether oxygens (including phenoxy) is 1. The number of nitrogens with two attached hydrogens (primary N) is 2. The van der Waals surface area contributed by atoms with Crippen LogP contribution in [-0.4, -0.2) is 12.5 Å². The fourth-order valence-corrected chi connectivity index (χ4v) is 1.60. The second-order valence-electron chi connectivity index (χ2n) is 4.20. The molecule has 0 radical (unpaired) electrons. The van der Waals surface area contributed by atoms with Crippen LogP contribution in [0.15, 0.2) is 18.2 Å². The summed E-state index contributed by atoms with van der Waals surface area (Å²) in [5.41, 5.74) is 11.9.